The number of nitrogens with zero attached hydrogens (tertiary/aromatic N) is 2. The van der Waals surface area contributed by atoms with Gasteiger partial charge < -0.3 is 15.2 Å². The SMILES string of the molecule is CCN(CC)CCn1cc(CN)c2ccccc21. The first-order chi connectivity index (χ1) is 8.80. The Bertz CT molecular complexity index is 497. The van der Waals surface area contributed by atoms with Crippen molar-refractivity contribution in [2.75, 3.05) is 19.6 Å². The Morgan fingerprint density at radius 3 is 2.56 bits per heavy atom. The summed E-state index contributed by atoms with van der Waals surface area (Å²) in [6, 6.07) is 8.51. The number of para-hydroxylation sites is 1. The van der Waals surface area contributed by atoms with Gasteiger partial charge in [-0.3, -0.25) is 0 Å². The van der Waals surface area contributed by atoms with Gasteiger partial charge in [-0.1, -0.05) is 32.0 Å². The largest absolute Gasteiger partial charge is 0.346 e. The molecular weight excluding hydrogens is 222 g/mol. The smallest absolute Gasteiger partial charge is 0.0484 e. The maximum Gasteiger partial charge on any atom is 0.0484 e. The summed E-state index contributed by atoms with van der Waals surface area (Å²) < 4.78 is 2.33. The van der Waals surface area contributed by atoms with Crippen LogP contribution in [0.15, 0.2) is 30.5 Å². The molecule has 0 amide bonds. The van der Waals surface area contributed by atoms with Crippen LogP contribution in [0.5, 0.6) is 0 Å². The Hall–Kier alpha value is -1.32. The lowest BCUT2D eigenvalue weighted by molar-refractivity contribution is 0.292. The molecule has 98 valence electrons. The molecule has 3 heteroatoms. The molecule has 1 aromatic heterocycles. The van der Waals surface area contributed by atoms with Crippen molar-refractivity contribution in [1.82, 2.24) is 9.47 Å². The van der Waals surface area contributed by atoms with E-state index in [1.807, 2.05) is 0 Å². The fourth-order valence-corrected chi connectivity index (χ4v) is 2.46. The van der Waals surface area contributed by atoms with E-state index < -0.39 is 0 Å². The molecule has 0 aliphatic heterocycles. The van der Waals surface area contributed by atoms with Gasteiger partial charge in [-0.2, -0.15) is 0 Å². The van der Waals surface area contributed by atoms with E-state index in [-0.39, 0.29) is 0 Å². The summed E-state index contributed by atoms with van der Waals surface area (Å²) in [6.07, 6.45) is 2.20. The Kier molecular flexibility index (Phi) is 4.39. The molecule has 2 N–H and O–H groups in total. The standard InChI is InChI=1S/C15H23N3/c1-3-17(4-2)9-10-18-12-13(11-16)14-7-5-6-8-15(14)18/h5-8,12H,3-4,9-11,16H2,1-2H3. The topological polar surface area (TPSA) is 34.2 Å². The van der Waals surface area contributed by atoms with E-state index in [0.717, 1.165) is 26.2 Å². The van der Waals surface area contributed by atoms with Crippen LogP contribution in [0.1, 0.15) is 19.4 Å². The Labute approximate surface area is 109 Å². The average molecular weight is 245 g/mol. The molecule has 0 radical (unpaired) electrons. The minimum atomic E-state index is 0.610. The van der Waals surface area contributed by atoms with Crippen LogP contribution in [-0.4, -0.2) is 29.1 Å². The molecule has 0 unspecified atom stereocenters. The van der Waals surface area contributed by atoms with Crippen LogP contribution < -0.4 is 5.73 Å². The highest BCUT2D eigenvalue weighted by Crippen LogP contribution is 2.20. The van der Waals surface area contributed by atoms with Crippen LogP contribution >= 0.6 is 0 Å². The van der Waals surface area contributed by atoms with Gasteiger partial charge in [0, 0.05) is 36.7 Å². The van der Waals surface area contributed by atoms with Crippen molar-refractivity contribution in [2.45, 2.75) is 26.9 Å². The minimum absolute atomic E-state index is 0.610. The highest BCUT2D eigenvalue weighted by atomic mass is 15.1. The van der Waals surface area contributed by atoms with Crippen molar-refractivity contribution in [3.8, 4) is 0 Å². The van der Waals surface area contributed by atoms with E-state index in [1.54, 1.807) is 0 Å². The van der Waals surface area contributed by atoms with Crippen molar-refractivity contribution in [3.05, 3.63) is 36.0 Å². The van der Waals surface area contributed by atoms with Crippen LogP contribution in [-0.2, 0) is 13.1 Å². The maximum atomic E-state index is 5.81. The summed E-state index contributed by atoms with van der Waals surface area (Å²) in [4.78, 5) is 2.44. The normalized spacial score (nSPS) is 11.6. The molecule has 0 aliphatic carbocycles. The molecule has 0 saturated heterocycles. The summed E-state index contributed by atoms with van der Waals surface area (Å²) >= 11 is 0. The van der Waals surface area contributed by atoms with Crippen LogP contribution in [0.25, 0.3) is 10.9 Å². The number of likely N-dealkylation sites (N-methyl/N-ethyl adjacent to an activating group) is 1. The molecule has 0 fully saturated rings. The molecule has 0 atom stereocenters. The van der Waals surface area contributed by atoms with E-state index in [2.05, 4.69) is 53.8 Å². The molecule has 0 spiro atoms. The Morgan fingerprint density at radius 2 is 1.89 bits per heavy atom. The lowest BCUT2D eigenvalue weighted by atomic mass is 10.2. The molecule has 1 aromatic carbocycles. The molecule has 18 heavy (non-hydrogen) atoms. The fourth-order valence-electron chi connectivity index (χ4n) is 2.46. The number of aromatic nitrogens is 1. The Balaban J connectivity index is 2.22. The highest BCUT2D eigenvalue weighted by molar-refractivity contribution is 5.83. The predicted octanol–water partition coefficient (Wildman–Crippen LogP) is 2.44. The second kappa shape index (κ2) is 6.03. The summed E-state index contributed by atoms with van der Waals surface area (Å²) in [5.41, 5.74) is 8.35. The van der Waals surface area contributed by atoms with Crippen LogP contribution in [0.3, 0.4) is 0 Å². The Morgan fingerprint density at radius 1 is 1.17 bits per heavy atom. The van der Waals surface area contributed by atoms with Crippen molar-refractivity contribution in [2.24, 2.45) is 5.73 Å². The fraction of sp³-hybridized carbons (Fsp3) is 0.467. The molecule has 0 aliphatic rings. The van der Waals surface area contributed by atoms with Crippen LogP contribution in [0, 0.1) is 0 Å². The monoisotopic (exact) mass is 245 g/mol. The second-order valence-corrected chi connectivity index (χ2v) is 4.60. The lowest BCUT2D eigenvalue weighted by Crippen LogP contribution is -2.26. The maximum absolute atomic E-state index is 5.81. The van der Waals surface area contributed by atoms with Crippen molar-refractivity contribution < 1.29 is 0 Å². The molecule has 0 saturated carbocycles. The van der Waals surface area contributed by atoms with Gasteiger partial charge in [0.2, 0.25) is 0 Å². The van der Waals surface area contributed by atoms with E-state index in [1.165, 1.54) is 16.5 Å². The van der Waals surface area contributed by atoms with Crippen LogP contribution in [0.2, 0.25) is 0 Å². The number of hydrogen-bond donors (Lipinski definition) is 1. The van der Waals surface area contributed by atoms with Gasteiger partial charge in [0.1, 0.15) is 0 Å². The van der Waals surface area contributed by atoms with Gasteiger partial charge in [0.15, 0.2) is 0 Å². The number of benzene rings is 1. The van der Waals surface area contributed by atoms with Crippen molar-refractivity contribution in [1.29, 1.82) is 0 Å². The van der Waals surface area contributed by atoms with E-state index >= 15 is 0 Å². The van der Waals surface area contributed by atoms with E-state index in [4.69, 9.17) is 5.73 Å². The average Bonchev–Trinajstić information content (AvgIpc) is 2.78. The zero-order chi connectivity index (χ0) is 13.0. The third-order valence-electron chi connectivity index (χ3n) is 3.64. The summed E-state index contributed by atoms with van der Waals surface area (Å²) in [5.74, 6) is 0. The molecule has 3 nitrogen and oxygen atoms in total. The number of hydrogen-bond acceptors (Lipinski definition) is 2. The summed E-state index contributed by atoms with van der Waals surface area (Å²) in [6.45, 7) is 9.38. The third kappa shape index (κ3) is 2.57. The van der Waals surface area contributed by atoms with E-state index in [9.17, 15) is 0 Å². The van der Waals surface area contributed by atoms with Gasteiger partial charge >= 0.3 is 0 Å². The second-order valence-electron chi connectivity index (χ2n) is 4.60. The molecule has 1 heterocycles. The first-order valence-electron chi connectivity index (χ1n) is 6.79. The van der Waals surface area contributed by atoms with Crippen molar-refractivity contribution in [3.63, 3.8) is 0 Å². The summed E-state index contributed by atoms with van der Waals surface area (Å²) in [5, 5.41) is 1.29. The lowest BCUT2D eigenvalue weighted by Gasteiger charge is -2.18. The first kappa shape index (κ1) is 13.1. The predicted molar refractivity (Wildman–Crippen MR) is 77.6 cm³/mol. The van der Waals surface area contributed by atoms with Gasteiger partial charge in [-0.25, -0.2) is 0 Å². The van der Waals surface area contributed by atoms with Gasteiger partial charge in [-0.15, -0.1) is 0 Å². The zero-order valence-corrected chi connectivity index (χ0v) is 11.4. The first-order valence-corrected chi connectivity index (χ1v) is 6.79. The van der Waals surface area contributed by atoms with Crippen LogP contribution in [0.4, 0.5) is 0 Å². The van der Waals surface area contributed by atoms with E-state index in [0.29, 0.717) is 6.54 Å². The number of fused-ring (bicyclic) bond motifs is 1. The number of nitrogens with two attached hydrogens (primary N) is 1. The summed E-state index contributed by atoms with van der Waals surface area (Å²) in [7, 11) is 0. The molecule has 0 bridgehead atoms. The number of rotatable bonds is 6. The molecular formula is C15H23N3. The van der Waals surface area contributed by atoms with Gasteiger partial charge in [-0.05, 0) is 24.7 Å². The highest BCUT2D eigenvalue weighted by Gasteiger charge is 2.07. The molecule has 2 aromatic rings. The minimum Gasteiger partial charge on any atom is -0.346 e. The third-order valence-corrected chi connectivity index (χ3v) is 3.64. The van der Waals surface area contributed by atoms with Crippen molar-refractivity contribution >= 4 is 10.9 Å². The van der Waals surface area contributed by atoms with Gasteiger partial charge in [0.25, 0.3) is 0 Å². The van der Waals surface area contributed by atoms with Gasteiger partial charge in [0.05, 0.1) is 0 Å². The zero-order valence-electron chi connectivity index (χ0n) is 11.4. The molecule has 2 rings (SSSR count). The quantitative estimate of drug-likeness (QED) is 0.848.